The second-order valence-corrected chi connectivity index (χ2v) is 7.25. The molecule has 1 aromatic heterocycles. The molecule has 0 bridgehead atoms. The minimum atomic E-state index is -0.142. The lowest BCUT2D eigenvalue weighted by Crippen LogP contribution is -2.36. The van der Waals surface area contributed by atoms with Crippen molar-refractivity contribution in [2.75, 3.05) is 36.5 Å². The molecule has 5 nitrogen and oxygen atoms in total. The number of nitrogens with one attached hydrogen (secondary N) is 1. The molecule has 29 heavy (non-hydrogen) atoms. The number of hydrogen-bond donors (Lipinski definition) is 1. The third kappa shape index (κ3) is 4.30. The zero-order valence-electron chi connectivity index (χ0n) is 16.8. The fourth-order valence-electron chi connectivity index (χ4n) is 3.57. The maximum absolute atomic E-state index is 12.8. The Bertz CT molecular complexity index is 1010. The van der Waals surface area contributed by atoms with E-state index in [2.05, 4.69) is 27.3 Å². The van der Waals surface area contributed by atoms with Crippen molar-refractivity contribution in [1.82, 2.24) is 4.98 Å². The maximum atomic E-state index is 12.8. The fourth-order valence-corrected chi connectivity index (χ4v) is 3.57. The third-order valence-corrected chi connectivity index (χ3v) is 5.23. The first-order valence-corrected chi connectivity index (χ1v) is 9.89. The van der Waals surface area contributed by atoms with E-state index in [0.717, 1.165) is 54.5 Å². The highest BCUT2D eigenvalue weighted by atomic mass is 16.5. The second-order valence-electron chi connectivity index (χ2n) is 7.25. The van der Waals surface area contributed by atoms with Gasteiger partial charge in [0.05, 0.1) is 30.2 Å². The zero-order chi connectivity index (χ0) is 20.2. The largest absolute Gasteiger partial charge is 0.378 e. The van der Waals surface area contributed by atoms with Crippen LogP contribution in [0.2, 0.25) is 0 Å². The van der Waals surface area contributed by atoms with Crippen molar-refractivity contribution < 1.29 is 9.53 Å². The summed E-state index contributed by atoms with van der Waals surface area (Å²) in [4.78, 5) is 19.8. The van der Waals surface area contributed by atoms with Gasteiger partial charge < -0.3 is 15.0 Å². The summed E-state index contributed by atoms with van der Waals surface area (Å²) in [7, 11) is 0. The minimum absolute atomic E-state index is 0.142. The van der Waals surface area contributed by atoms with Gasteiger partial charge in [-0.05, 0) is 49.7 Å². The molecule has 0 unspecified atom stereocenters. The summed E-state index contributed by atoms with van der Waals surface area (Å²) in [5.74, 6) is -0.142. The van der Waals surface area contributed by atoms with Gasteiger partial charge in [-0.3, -0.25) is 9.78 Å². The van der Waals surface area contributed by atoms with Gasteiger partial charge in [0.2, 0.25) is 0 Å². The smallest absolute Gasteiger partial charge is 0.257 e. The number of rotatable bonds is 4. The van der Waals surface area contributed by atoms with Crippen molar-refractivity contribution in [1.29, 1.82) is 0 Å². The molecule has 1 aliphatic heterocycles. The number of aromatic nitrogens is 1. The lowest BCUT2D eigenvalue weighted by Gasteiger charge is -2.29. The minimum Gasteiger partial charge on any atom is -0.378 e. The Kier molecular flexibility index (Phi) is 5.58. The van der Waals surface area contributed by atoms with Crippen molar-refractivity contribution in [3.63, 3.8) is 0 Å². The first-order valence-electron chi connectivity index (χ1n) is 9.89. The Morgan fingerprint density at radius 2 is 1.76 bits per heavy atom. The fraction of sp³-hybridized carbons (Fsp3) is 0.250. The molecule has 2 aromatic carbocycles. The third-order valence-electron chi connectivity index (χ3n) is 5.23. The SMILES string of the molecule is Cc1cc(N2CCOCC2)ccc1NC(=O)c1ccc(-c2ccccc2)nc1C. The molecule has 1 saturated heterocycles. The van der Waals surface area contributed by atoms with Crippen LogP contribution in [-0.4, -0.2) is 37.2 Å². The summed E-state index contributed by atoms with van der Waals surface area (Å²) in [5, 5.41) is 3.03. The lowest BCUT2D eigenvalue weighted by molar-refractivity contribution is 0.102. The second kappa shape index (κ2) is 8.45. The average molecular weight is 387 g/mol. The van der Waals surface area contributed by atoms with Crippen molar-refractivity contribution in [3.8, 4) is 11.3 Å². The molecule has 1 aliphatic rings. The van der Waals surface area contributed by atoms with Crippen LogP contribution in [0.15, 0.2) is 60.7 Å². The zero-order valence-corrected chi connectivity index (χ0v) is 16.8. The van der Waals surface area contributed by atoms with Gasteiger partial charge in [-0.1, -0.05) is 30.3 Å². The molecule has 0 saturated carbocycles. The Labute approximate surface area is 171 Å². The molecule has 1 amide bonds. The lowest BCUT2D eigenvalue weighted by atomic mass is 10.1. The number of carbonyl (C=O) groups is 1. The number of pyridine rings is 1. The van der Waals surface area contributed by atoms with E-state index in [0.29, 0.717) is 11.3 Å². The topological polar surface area (TPSA) is 54.5 Å². The van der Waals surface area contributed by atoms with E-state index in [1.165, 1.54) is 0 Å². The van der Waals surface area contributed by atoms with E-state index < -0.39 is 0 Å². The molecule has 0 radical (unpaired) electrons. The highest BCUT2D eigenvalue weighted by Crippen LogP contribution is 2.25. The van der Waals surface area contributed by atoms with Crippen molar-refractivity contribution >= 4 is 17.3 Å². The van der Waals surface area contributed by atoms with E-state index in [4.69, 9.17) is 4.74 Å². The number of morpholine rings is 1. The van der Waals surface area contributed by atoms with E-state index in [1.807, 2.05) is 62.4 Å². The van der Waals surface area contributed by atoms with Gasteiger partial charge in [0.1, 0.15) is 0 Å². The van der Waals surface area contributed by atoms with E-state index in [9.17, 15) is 4.79 Å². The number of amides is 1. The summed E-state index contributed by atoms with van der Waals surface area (Å²) in [6, 6.07) is 19.9. The predicted molar refractivity (Wildman–Crippen MR) is 117 cm³/mol. The molecule has 2 heterocycles. The molecule has 4 rings (SSSR count). The summed E-state index contributed by atoms with van der Waals surface area (Å²) >= 11 is 0. The summed E-state index contributed by atoms with van der Waals surface area (Å²) in [5.41, 5.74) is 6.22. The molecule has 148 valence electrons. The number of benzene rings is 2. The van der Waals surface area contributed by atoms with Crippen LogP contribution in [0.5, 0.6) is 0 Å². The molecule has 0 atom stereocenters. The highest BCUT2D eigenvalue weighted by Gasteiger charge is 2.15. The van der Waals surface area contributed by atoms with Gasteiger partial charge >= 0.3 is 0 Å². The van der Waals surface area contributed by atoms with E-state index in [1.54, 1.807) is 0 Å². The predicted octanol–water partition coefficient (Wildman–Crippen LogP) is 4.45. The van der Waals surface area contributed by atoms with Gasteiger partial charge in [-0.15, -0.1) is 0 Å². The van der Waals surface area contributed by atoms with Gasteiger partial charge in [-0.2, -0.15) is 0 Å². The van der Waals surface area contributed by atoms with Crippen molar-refractivity contribution in [2.24, 2.45) is 0 Å². The number of ether oxygens (including phenoxy) is 1. The average Bonchev–Trinajstić information content (AvgIpc) is 2.76. The van der Waals surface area contributed by atoms with Crippen molar-refractivity contribution in [3.05, 3.63) is 77.5 Å². The van der Waals surface area contributed by atoms with Crippen LogP contribution in [0.3, 0.4) is 0 Å². The Morgan fingerprint density at radius 1 is 1.00 bits per heavy atom. The first kappa shape index (κ1) is 19.2. The Hall–Kier alpha value is -3.18. The number of anilines is 2. The molecular formula is C24H25N3O2. The van der Waals surface area contributed by atoms with Crippen LogP contribution in [0.1, 0.15) is 21.6 Å². The number of carbonyl (C=O) groups excluding carboxylic acids is 1. The van der Waals surface area contributed by atoms with E-state index >= 15 is 0 Å². The summed E-state index contributed by atoms with van der Waals surface area (Å²) < 4.78 is 5.42. The Morgan fingerprint density at radius 3 is 2.45 bits per heavy atom. The molecule has 1 fully saturated rings. The summed E-state index contributed by atoms with van der Waals surface area (Å²) in [6.45, 7) is 7.18. The van der Waals surface area contributed by atoms with Crippen LogP contribution in [0.4, 0.5) is 11.4 Å². The van der Waals surface area contributed by atoms with Gasteiger partial charge in [0, 0.05) is 30.0 Å². The van der Waals surface area contributed by atoms with E-state index in [-0.39, 0.29) is 5.91 Å². The number of nitrogens with zero attached hydrogens (tertiary/aromatic N) is 2. The molecule has 5 heteroatoms. The maximum Gasteiger partial charge on any atom is 0.257 e. The van der Waals surface area contributed by atoms with Gasteiger partial charge in [0.15, 0.2) is 0 Å². The van der Waals surface area contributed by atoms with Crippen LogP contribution >= 0.6 is 0 Å². The standard InChI is InChI=1S/C24H25N3O2/c1-17-16-20(27-12-14-29-15-13-27)8-10-22(17)26-24(28)21-9-11-23(25-18(21)2)19-6-4-3-5-7-19/h3-11,16H,12-15H2,1-2H3,(H,26,28). The quantitative estimate of drug-likeness (QED) is 0.718. The van der Waals surface area contributed by atoms with Gasteiger partial charge in [-0.25, -0.2) is 0 Å². The van der Waals surface area contributed by atoms with Crippen LogP contribution in [-0.2, 0) is 4.74 Å². The molecule has 0 spiro atoms. The highest BCUT2D eigenvalue weighted by molar-refractivity contribution is 6.05. The van der Waals surface area contributed by atoms with Crippen LogP contribution in [0, 0.1) is 13.8 Å². The number of aryl methyl sites for hydroxylation is 2. The van der Waals surface area contributed by atoms with Gasteiger partial charge in [0.25, 0.3) is 5.91 Å². The Balaban J connectivity index is 1.50. The molecule has 3 aromatic rings. The molecular weight excluding hydrogens is 362 g/mol. The first-order chi connectivity index (χ1) is 14.1. The number of hydrogen-bond acceptors (Lipinski definition) is 4. The molecule has 1 N–H and O–H groups in total. The van der Waals surface area contributed by atoms with Crippen molar-refractivity contribution in [2.45, 2.75) is 13.8 Å². The van der Waals surface area contributed by atoms with Crippen LogP contribution in [0.25, 0.3) is 11.3 Å². The normalized spacial score (nSPS) is 13.9. The van der Waals surface area contributed by atoms with Crippen LogP contribution < -0.4 is 10.2 Å². The monoisotopic (exact) mass is 387 g/mol. The molecule has 0 aliphatic carbocycles. The summed E-state index contributed by atoms with van der Waals surface area (Å²) in [6.07, 6.45) is 0.